The molecule has 0 aliphatic carbocycles. The molecular weight excluding hydrogens is 204 g/mol. The first-order valence-corrected chi connectivity index (χ1v) is 5.92. The van der Waals surface area contributed by atoms with Crippen molar-refractivity contribution < 1.29 is 9.53 Å². The fraction of sp³-hybridized carbons (Fsp3) is 0.667. The highest BCUT2D eigenvalue weighted by atomic mass is 16.5. The molecule has 0 amide bonds. The van der Waals surface area contributed by atoms with Crippen LogP contribution in [-0.2, 0) is 11.3 Å². The molecule has 4 heteroatoms. The van der Waals surface area contributed by atoms with Crippen molar-refractivity contribution >= 4 is 5.78 Å². The first-order valence-electron chi connectivity index (χ1n) is 5.92. The van der Waals surface area contributed by atoms with Crippen LogP contribution < -0.4 is 0 Å². The van der Waals surface area contributed by atoms with Crippen molar-refractivity contribution in [1.82, 2.24) is 9.78 Å². The van der Waals surface area contributed by atoms with E-state index in [9.17, 15) is 4.79 Å². The van der Waals surface area contributed by atoms with Crippen LogP contribution in [0.15, 0.2) is 12.3 Å². The van der Waals surface area contributed by atoms with Gasteiger partial charge in [-0.3, -0.25) is 9.48 Å². The maximum atomic E-state index is 12.2. The molecule has 0 saturated heterocycles. The number of rotatable bonds is 7. The third-order valence-electron chi connectivity index (χ3n) is 2.48. The van der Waals surface area contributed by atoms with E-state index in [0.717, 1.165) is 12.8 Å². The van der Waals surface area contributed by atoms with Crippen LogP contribution in [0.5, 0.6) is 0 Å². The van der Waals surface area contributed by atoms with Crippen molar-refractivity contribution in [1.29, 1.82) is 0 Å². The first kappa shape index (κ1) is 12.9. The lowest BCUT2D eigenvalue weighted by Gasteiger charge is -2.15. The first-order chi connectivity index (χ1) is 7.74. The lowest BCUT2D eigenvalue weighted by atomic mass is 10.1. The van der Waals surface area contributed by atoms with E-state index >= 15 is 0 Å². The minimum absolute atomic E-state index is 0.0445. The van der Waals surface area contributed by atoms with Gasteiger partial charge in [-0.25, -0.2) is 0 Å². The van der Waals surface area contributed by atoms with Gasteiger partial charge in [0.1, 0.15) is 11.8 Å². The van der Waals surface area contributed by atoms with Gasteiger partial charge in [0.25, 0.3) is 0 Å². The molecule has 90 valence electrons. The lowest BCUT2D eigenvalue weighted by Crippen LogP contribution is -2.26. The number of hydrogen-bond acceptors (Lipinski definition) is 3. The van der Waals surface area contributed by atoms with E-state index in [4.69, 9.17) is 4.74 Å². The summed E-state index contributed by atoms with van der Waals surface area (Å²) in [5.41, 5.74) is 0.648. The Bertz CT molecular complexity index is 328. The number of carbonyl (C=O) groups is 1. The second-order valence-electron chi connectivity index (χ2n) is 3.63. The van der Waals surface area contributed by atoms with Crippen LogP contribution >= 0.6 is 0 Å². The Morgan fingerprint density at radius 1 is 1.50 bits per heavy atom. The maximum absolute atomic E-state index is 12.2. The molecule has 0 radical (unpaired) electrons. The van der Waals surface area contributed by atoms with Gasteiger partial charge in [0.05, 0.1) is 0 Å². The Hall–Kier alpha value is -1.16. The highest BCUT2D eigenvalue weighted by molar-refractivity contribution is 5.97. The molecule has 1 atom stereocenters. The van der Waals surface area contributed by atoms with Crippen LogP contribution in [0.4, 0.5) is 0 Å². The van der Waals surface area contributed by atoms with Gasteiger partial charge >= 0.3 is 0 Å². The molecule has 0 aromatic carbocycles. The number of nitrogens with zero attached hydrogens (tertiary/aromatic N) is 2. The Kier molecular flexibility index (Phi) is 5.19. The molecule has 0 saturated carbocycles. The molecule has 1 unspecified atom stereocenters. The summed E-state index contributed by atoms with van der Waals surface area (Å²) in [6.45, 7) is 7.21. The summed E-state index contributed by atoms with van der Waals surface area (Å²) >= 11 is 0. The predicted octanol–water partition coefficient (Wildman–Crippen LogP) is 2.29. The van der Waals surface area contributed by atoms with Gasteiger partial charge in [-0.2, -0.15) is 5.10 Å². The van der Waals surface area contributed by atoms with Crippen molar-refractivity contribution in [2.24, 2.45) is 0 Å². The average molecular weight is 224 g/mol. The smallest absolute Gasteiger partial charge is 0.209 e. The average Bonchev–Trinajstić information content (AvgIpc) is 2.75. The number of Topliss-reactive ketones (excluding diaryl/α,β-unsaturated/α-hetero) is 1. The molecule has 1 rings (SSSR count). The molecule has 0 spiro atoms. The monoisotopic (exact) mass is 224 g/mol. The van der Waals surface area contributed by atoms with Crippen molar-refractivity contribution in [3.8, 4) is 0 Å². The zero-order valence-corrected chi connectivity index (χ0v) is 10.3. The SMILES string of the molecule is CCCC(OCC)C(=O)c1ccnn1CC. The second kappa shape index (κ2) is 6.43. The Morgan fingerprint density at radius 3 is 2.81 bits per heavy atom. The number of ketones is 1. The van der Waals surface area contributed by atoms with Crippen molar-refractivity contribution in [3.63, 3.8) is 0 Å². The molecule has 16 heavy (non-hydrogen) atoms. The van der Waals surface area contributed by atoms with Gasteiger partial charge in [0.2, 0.25) is 5.78 Å². The van der Waals surface area contributed by atoms with Gasteiger partial charge in [0, 0.05) is 19.3 Å². The molecule has 1 aromatic rings. The summed E-state index contributed by atoms with van der Waals surface area (Å²) in [5.74, 6) is 0.0445. The number of hydrogen-bond donors (Lipinski definition) is 0. The van der Waals surface area contributed by atoms with Crippen LogP contribution in [0.25, 0.3) is 0 Å². The number of aromatic nitrogens is 2. The van der Waals surface area contributed by atoms with Crippen LogP contribution in [0, 0.1) is 0 Å². The predicted molar refractivity (Wildman–Crippen MR) is 62.6 cm³/mol. The Labute approximate surface area is 96.6 Å². The minimum atomic E-state index is -0.322. The molecule has 4 nitrogen and oxygen atoms in total. The molecule has 0 aliphatic heterocycles. The van der Waals surface area contributed by atoms with Gasteiger partial charge < -0.3 is 4.74 Å². The van der Waals surface area contributed by atoms with E-state index in [2.05, 4.69) is 12.0 Å². The fourth-order valence-electron chi connectivity index (χ4n) is 1.71. The maximum Gasteiger partial charge on any atom is 0.209 e. The summed E-state index contributed by atoms with van der Waals surface area (Å²) < 4.78 is 7.19. The zero-order valence-electron chi connectivity index (χ0n) is 10.3. The topological polar surface area (TPSA) is 44.1 Å². The molecule has 0 bridgehead atoms. The number of ether oxygens (including phenoxy) is 1. The summed E-state index contributed by atoms with van der Waals surface area (Å²) in [6, 6.07) is 1.76. The molecular formula is C12H20N2O2. The standard InChI is InChI=1S/C12H20N2O2/c1-4-7-11(16-6-3)12(15)10-8-9-13-14(10)5-2/h8-9,11H,4-7H2,1-3H3. The molecule has 0 aliphatic rings. The minimum Gasteiger partial charge on any atom is -0.370 e. The Morgan fingerprint density at radius 2 is 2.25 bits per heavy atom. The molecule has 1 aromatic heterocycles. The van der Waals surface area contributed by atoms with Gasteiger partial charge in [-0.1, -0.05) is 13.3 Å². The zero-order chi connectivity index (χ0) is 12.0. The number of carbonyl (C=O) groups excluding carboxylic acids is 1. The van der Waals surface area contributed by atoms with Gasteiger partial charge in [-0.05, 0) is 26.3 Å². The highest BCUT2D eigenvalue weighted by Gasteiger charge is 2.22. The van der Waals surface area contributed by atoms with Crippen LogP contribution in [-0.4, -0.2) is 28.3 Å². The third-order valence-corrected chi connectivity index (χ3v) is 2.48. The third kappa shape index (κ3) is 2.92. The highest BCUT2D eigenvalue weighted by Crippen LogP contribution is 2.11. The summed E-state index contributed by atoms with van der Waals surface area (Å²) in [4.78, 5) is 12.2. The van der Waals surface area contributed by atoms with E-state index in [1.807, 2.05) is 13.8 Å². The van der Waals surface area contributed by atoms with Gasteiger partial charge in [0.15, 0.2) is 0 Å². The second-order valence-corrected chi connectivity index (χ2v) is 3.63. The van der Waals surface area contributed by atoms with Crippen molar-refractivity contribution in [2.75, 3.05) is 6.61 Å². The summed E-state index contributed by atoms with van der Waals surface area (Å²) in [6.07, 6.45) is 3.04. The van der Waals surface area contributed by atoms with Gasteiger partial charge in [-0.15, -0.1) is 0 Å². The molecule has 0 N–H and O–H groups in total. The largest absolute Gasteiger partial charge is 0.370 e. The lowest BCUT2D eigenvalue weighted by molar-refractivity contribution is 0.0414. The van der Waals surface area contributed by atoms with E-state index < -0.39 is 0 Å². The van der Waals surface area contributed by atoms with Crippen LogP contribution in [0.1, 0.15) is 44.1 Å². The fourth-order valence-corrected chi connectivity index (χ4v) is 1.71. The Balaban J connectivity index is 2.81. The quantitative estimate of drug-likeness (QED) is 0.667. The van der Waals surface area contributed by atoms with Crippen LogP contribution in [0.2, 0.25) is 0 Å². The normalized spacial score (nSPS) is 12.7. The number of aryl methyl sites for hydroxylation is 1. The van der Waals surface area contributed by atoms with Crippen LogP contribution in [0.3, 0.4) is 0 Å². The van der Waals surface area contributed by atoms with Crippen molar-refractivity contribution in [2.45, 2.75) is 46.3 Å². The molecule has 1 heterocycles. The van der Waals surface area contributed by atoms with Crippen molar-refractivity contribution in [3.05, 3.63) is 18.0 Å². The summed E-state index contributed by atoms with van der Waals surface area (Å²) in [5, 5.41) is 4.10. The van der Waals surface area contributed by atoms with E-state index in [1.165, 1.54) is 0 Å². The van der Waals surface area contributed by atoms with E-state index in [0.29, 0.717) is 18.8 Å². The van der Waals surface area contributed by atoms with E-state index in [-0.39, 0.29) is 11.9 Å². The van der Waals surface area contributed by atoms with E-state index in [1.54, 1.807) is 16.9 Å². The summed E-state index contributed by atoms with van der Waals surface area (Å²) in [7, 11) is 0. The molecule has 0 fully saturated rings.